The molecule has 1 aliphatic rings. The molecule has 156 valence electrons. The Balaban J connectivity index is 1.62. The van der Waals surface area contributed by atoms with Crippen molar-refractivity contribution in [3.8, 4) is 5.75 Å². The highest BCUT2D eigenvalue weighted by atomic mass is 16.6. The summed E-state index contributed by atoms with van der Waals surface area (Å²) < 4.78 is 10.2. The van der Waals surface area contributed by atoms with Crippen LogP contribution in [0, 0.1) is 24.0 Å². The zero-order valence-corrected chi connectivity index (χ0v) is 16.3. The maximum atomic E-state index is 12.2. The molecule has 30 heavy (non-hydrogen) atoms. The smallest absolute Gasteiger partial charge is 0.326 e. The SMILES string of the molecule is Cc1ccc(NC(=O)COC(=O)CN2C(=O)COc3ccc([N+](=O)[O-])cc32)c(C)c1. The van der Waals surface area contributed by atoms with Crippen LogP contribution < -0.4 is 15.0 Å². The van der Waals surface area contributed by atoms with Crippen LogP contribution >= 0.6 is 0 Å². The first-order chi connectivity index (χ1) is 14.2. The Morgan fingerprint density at radius 3 is 2.70 bits per heavy atom. The number of hydrogen-bond donors (Lipinski definition) is 1. The number of aryl methyl sites for hydroxylation is 2. The molecule has 0 aliphatic carbocycles. The van der Waals surface area contributed by atoms with Gasteiger partial charge in [0.25, 0.3) is 17.5 Å². The summed E-state index contributed by atoms with van der Waals surface area (Å²) in [5.74, 6) is -1.68. The van der Waals surface area contributed by atoms with E-state index in [-0.39, 0.29) is 23.7 Å². The number of fused-ring (bicyclic) bond motifs is 1. The highest BCUT2D eigenvalue weighted by Crippen LogP contribution is 2.35. The van der Waals surface area contributed by atoms with Gasteiger partial charge in [-0.2, -0.15) is 0 Å². The van der Waals surface area contributed by atoms with E-state index in [1.165, 1.54) is 12.1 Å². The standard InChI is InChI=1S/C20H19N3O7/c1-12-3-5-15(13(2)7-12)21-18(24)10-30-20(26)9-22-16-8-14(23(27)28)4-6-17(16)29-11-19(22)25/h3-8H,9-11H2,1-2H3,(H,21,24). The van der Waals surface area contributed by atoms with Crippen molar-refractivity contribution >= 4 is 34.8 Å². The third-order valence-corrected chi connectivity index (χ3v) is 4.40. The van der Waals surface area contributed by atoms with Crippen LogP contribution in [0.3, 0.4) is 0 Å². The number of carbonyl (C=O) groups excluding carboxylic acids is 3. The van der Waals surface area contributed by atoms with Crippen molar-refractivity contribution < 1.29 is 28.8 Å². The molecule has 0 bridgehead atoms. The maximum Gasteiger partial charge on any atom is 0.326 e. The number of nitro benzene ring substituents is 1. The number of amides is 2. The molecule has 0 saturated heterocycles. The Labute approximate surface area is 171 Å². The fourth-order valence-corrected chi connectivity index (χ4v) is 2.94. The lowest BCUT2D eigenvalue weighted by Crippen LogP contribution is -2.42. The third-order valence-electron chi connectivity index (χ3n) is 4.40. The van der Waals surface area contributed by atoms with E-state index >= 15 is 0 Å². The van der Waals surface area contributed by atoms with Gasteiger partial charge in [-0.3, -0.25) is 29.4 Å². The average molecular weight is 413 g/mol. The van der Waals surface area contributed by atoms with Gasteiger partial charge < -0.3 is 14.8 Å². The van der Waals surface area contributed by atoms with E-state index < -0.39 is 35.9 Å². The number of hydrogen-bond acceptors (Lipinski definition) is 7. The van der Waals surface area contributed by atoms with Gasteiger partial charge in [-0.1, -0.05) is 17.7 Å². The van der Waals surface area contributed by atoms with Crippen molar-refractivity contribution in [2.24, 2.45) is 0 Å². The van der Waals surface area contributed by atoms with Crippen molar-refractivity contribution in [1.82, 2.24) is 0 Å². The van der Waals surface area contributed by atoms with Crippen molar-refractivity contribution in [2.75, 3.05) is 30.0 Å². The van der Waals surface area contributed by atoms with Gasteiger partial charge in [0.2, 0.25) is 0 Å². The second-order valence-electron chi connectivity index (χ2n) is 6.70. The van der Waals surface area contributed by atoms with Gasteiger partial charge in [0.1, 0.15) is 12.3 Å². The Kier molecular flexibility index (Phi) is 5.95. The molecular formula is C20H19N3O7. The molecule has 1 N–H and O–H groups in total. The van der Waals surface area contributed by atoms with E-state index in [1.807, 2.05) is 26.0 Å². The Hall–Kier alpha value is -3.95. The number of nitrogens with one attached hydrogen (secondary N) is 1. The monoisotopic (exact) mass is 413 g/mol. The number of nitrogens with zero attached hydrogens (tertiary/aromatic N) is 2. The molecule has 3 rings (SSSR count). The van der Waals surface area contributed by atoms with E-state index in [0.29, 0.717) is 5.69 Å². The lowest BCUT2D eigenvalue weighted by molar-refractivity contribution is -0.384. The quantitative estimate of drug-likeness (QED) is 0.436. The van der Waals surface area contributed by atoms with Crippen molar-refractivity contribution in [1.29, 1.82) is 0 Å². The number of carbonyl (C=O) groups is 3. The molecule has 0 unspecified atom stereocenters. The van der Waals surface area contributed by atoms with Crippen LogP contribution in [0.2, 0.25) is 0 Å². The summed E-state index contributed by atoms with van der Waals surface area (Å²) >= 11 is 0. The third kappa shape index (κ3) is 4.72. The van der Waals surface area contributed by atoms with Gasteiger partial charge in [-0.05, 0) is 31.5 Å². The first-order valence-corrected chi connectivity index (χ1v) is 8.99. The molecule has 1 heterocycles. The minimum Gasteiger partial charge on any atom is -0.482 e. The molecule has 0 saturated carbocycles. The molecule has 1 aliphatic heterocycles. The first-order valence-electron chi connectivity index (χ1n) is 8.99. The number of esters is 1. The number of ether oxygens (including phenoxy) is 2. The molecule has 0 fully saturated rings. The zero-order chi connectivity index (χ0) is 21.8. The molecule has 10 nitrogen and oxygen atoms in total. The summed E-state index contributed by atoms with van der Waals surface area (Å²) in [7, 11) is 0. The van der Waals surface area contributed by atoms with Gasteiger partial charge in [0.05, 0.1) is 10.6 Å². The highest BCUT2D eigenvalue weighted by molar-refractivity contribution is 6.02. The number of nitro groups is 1. The van der Waals surface area contributed by atoms with Crippen LogP contribution in [0.15, 0.2) is 36.4 Å². The second kappa shape index (κ2) is 8.60. The number of benzene rings is 2. The van der Waals surface area contributed by atoms with Crippen LogP contribution in [0.5, 0.6) is 5.75 Å². The predicted octanol–water partition coefficient (Wildman–Crippen LogP) is 2.12. The average Bonchev–Trinajstić information content (AvgIpc) is 2.70. The van der Waals surface area contributed by atoms with E-state index in [1.54, 1.807) is 6.07 Å². The molecule has 2 aromatic rings. The first kappa shape index (κ1) is 20.8. The van der Waals surface area contributed by atoms with Crippen LogP contribution in [0.25, 0.3) is 0 Å². The normalized spacial score (nSPS) is 12.6. The van der Waals surface area contributed by atoms with Crippen molar-refractivity contribution in [3.63, 3.8) is 0 Å². The molecule has 10 heteroatoms. The van der Waals surface area contributed by atoms with E-state index in [2.05, 4.69) is 5.32 Å². The van der Waals surface area contributed by atoms with Gasteiger partial charge in [-0.15, -0.1) is 0 Å². The van der Waals surface area contributed by atoms with Crippen LogP contribution in [-0.2, 0) is 19.1 Å². The Morgan fingerprint density at radius 2 is 2.00 bits per heavy atom. The fraction of sp³-hybridized carbons (Fsp3) is 0.250. The van der Waals surface area contributed by atoms with Crippen molar-refractivity contribution in [3.05, 3.63) is 57.6 Å². The van der Waals surface area contributed by atoms with E-state index in [4.69, 9.17) is 9.47 Å². The zero-order valence-electron chi connectivity index (χ0n) is 16.3. The molecule has 2 amide bonds. The summed E-state index contributed by atoms with van der Waals surface area (Å²) in [6.07, 6.45) is 0. The van der Waals surface area contributed by atoms with Gasteiger partial charge >= 0.3 is 5.97 Å². The number of non-ortho nitro benzene ring substituents is 1. The minimum atomic E-state index is -0.835. The predicted molar refractivity (Wildman–Crippen MR) is 106 cm³/mol. The second-order valence-corrected chi connectivity index (χ2v) is 6.70. The summed E-state index contributed by atoms with van der Waals surface area (Å²) in [5, 5.41) is 13.6. The molecule has 0 aromatic heterocycles. The molecule has 0 radical (unpaired) electrons. The number of rotatable bonds is 6. The lowest BCUT2D eigenvalue weighted by atomic mass is 10.1. The summed E-state index contributed by atoms with van der Waals surface area (Å²) in [4.78, 5) is 47.8. The van der Waals surface area contributed by atoms with Gasteiger partial charge in [0, 0.05) is 17.8 Å². The summed E-state index contributed by atoms with van der Waals surface area (Å²) in [6.45, 7) is 2.42. The van der Waals surface area contributed by atoms with Crippen LogP contribution in [0.1, 0.15) is 11.1 Å². The molecule has 0 atom stereocenters. The molecular weight excluding hydrogens is 394 g/mol. The topological polar surface area (TPSA) is 128 Å². The van der Waals surface area contributed by atoms with E-state index in [9.17, 15) is 24.5 Å². The van der Waals surface area contributed by atoms with Crippen LogP contribution in [-0.4, -0.2) is 42.5 Å². The summed E-state index contributed by atoms with van der Waals surface area (Å²) in [5.41, 5.74) is 2.36. The molecule has 0 spiro atoms. The summed E-state index contributed by atoms with van der Waals surface area (Å²) in [6, 6.07) is 9.24. The van der Waals surface area contributed by atoms with Crippen LogP contribution in [0.4, 0.5) is 17.1 Å². The van der Waals surface area contributed by atoms with Crippen molar-refractivity contribution in [2.45, 2.75) is 13.8 Å². The fourth-order valence-electron chi connectivity index (χ4n) is 2.94. The Bertz CT molecular complexity index is 1040. The largest absolute Gasteiger partial charge is 0.482 e. The Morgan fingerprint density at radius 1 is 1.23 bits per heavy atom. The minimum absolute atomic E-state index is 0.0946. The van der Waals surface area contributed by atoms with E-state index in [0.717, 1.165) is 22.1 Å². The lowest BCUT2D eigenvalue weighted by Gasteiger charge is -2.28. The van der Waals surface area contributed by atoms with Gasteiger partial charge in [-0.25, -0.2) is 0 Å². The maximum absolute atomic E-state index is 12.2. The number of anilines is 2. The highest BCUT2D eigenvalue weighted by Gasteiger charge is 2.29. The van der Waals surface area contributed by atoms with Gasteiger partial charge in [0.15, 0.2) is 13.2 Å². The molecule has 2 aromatic carbocycles.